The van der Waals surface area contributed by atoms with Gasteiger partial charge in [-0.3, -0.25) is 0 Å². The molecular weight excluding hydrogens is 1020 g/mol. The van der Waals surface area contributed by atoms with Gasteiger partial charge in [0.2, 0.25) is 0 Å². The van der Waals surface area contributed by atoms with Crippen LogP contribution in [0.1, 0.15) is 184 Å². The van der Waals surface area contributed by atoms with Crippen molar-refractivity contribution in [1.29, 1.82) is 0 Å². The molecule has 1 aromatic heterocycles. The average Bonchev–Trinajstić information content (AvgIpc) is 3.62. The first kappa shape index (κ1) is 53.1. The standard InChI is InChI=1S/C70H83BIN3/c1-64(2,3)42-28-33-55-47(36-42)48-37-43(65(4,5)6)29-34-56(48)73(55)46-31-32-53-58(41-46)75(63-51(69(16,17)18)26-23-27-52(63)70(19,20)21)60-39-44(66(7,8)9)38-59-61(60)71(53)54-40-45(72)30-35-57(54)74(59)62-49(67(10,11)12)24-22-25-50(62)68(13,14)15/h22-41H,1-21H3. The van der Waals surface area contributed by atoms with Gasteiger partial charge in [0.15, 0.2) is 0 Å². The minimum Gasteiger partial charge on any atom is -0.311 e. The number of halogens is 1. The van der Waals surface area contributed by atoms with Gasteiger partial charge in [-0.1, -0.05) is 206 Å². The molecule has 3 heterocycles. The van der Waals surface area contributed by atoms with E-state index in [9.17, 15) is 0 Å². The highest BCUT2D eigenvalue weighted by atomic mass is 127. The fourth-order valence-corrected chi connectivity index (χ4v) is 12.8. The van der Waals surface area contributed by atoms with Crippen molar-refractivity contribution in [3.63, 3.8) is 0 Å². The summed E-state index contributed by atoms with van der Waals surface area (Å²) in [6.07, 6.45) is 0. The molecule has 75 heavy (non-hydrogen) atoms. The smallest absolute Gasteiger partial charge is 0.252 e. The average molecular weight is 1100 g/mol. The Morgan fingerprint density at radius 3 is 1.16 bits per heavy atom. The fourth-order valence-electron chi connectivity index (χ4n) is 12.2. The molecule has 0 saturated heterocycles. The van der Waals surface area contributed by atoms with Crippen LogP contribution in [0.2, 0.25) is 0 Å². The third-order valence-electron chi connectivity index (χ3n) is 16.4. The summed E-state index contributed by atoms with van der Waals surface area (Å²) >= 11 is 2.56. The van der Waals surface area contributed by atoms with Gasteiger partial charge in [0, 0.05) is 42.8 Å². The minimum absolute atomic E-state index is 0.00670. The molecule has 0 atom stereocenters. The van der Waals surface area contributed by atoms with Crippen molar-refractivity contribution in [1.82, 2.24) is 4.57 Å². The molecule has 0 radical (unpaired) electrons. The van der Waals surface area contributed by atoms with Crippen LogP contribution < -0.4 is 26.2 Å². The van der Waals surface area contributed by atoms with E-state index in [0.717, 1.165) is 0 Å². The summed E-state index contributed by atoms with van der Waals surface area (Å²) in [5.74, 6) is 0. The Morgan fingerprint density at radius 1 is 0.347 bits per heavy atom. The number of nitrogens with zero attached hydrogens (tertiary/aromatic N) is 3. The van der Waals surface area contributed by atoms with Crippen LogP contribution in [-0.4, -0.2) is 11.3 Å². The molecule has 0 spiro atoms. The van der Waals surface area contributed by atoms with Gasteiger partial charge < -0.3 is 14.4 Å². The van der Waals surface area contributed by atoms with Gasteiger partial charge >= 0.3 is 0 Å². The monoisotopic (exact) mass is 1100 g/mol. The molecule has 10 rings (SSSR count). The summed E-state index contributed by atoms with van der Waals surface area (Å²) in [6, 6.07) is 48.6. The molecule has 3 nitrogen and oxygen atoms in total. The molecule has 0 bridgehead atoms. The van der Waals surface area contributed by atoms with Crippen molar-refractivity contribution in [3.05, 3.63) is 164 Å². The molecule has 388 valence electrons. The Morgan fingerprint density at radius 2 is 0.760 bits per heavy atom. The molecule has 5 heteroatoms. The molecule has 8 aromatic rings. The lowest BCUT2D eigenvalue weighted by Gasteiger charge is -2.48. The zero-order chi connectivity index (χ0) is 54.7. The van der Waals surface area contributed by atoms with Crippen molar-refractivity contribution in [3.8, 4) is 5.69 Å². The van der Waals surface area contributed by atoms with Crippen LogP contribution in [0.15, 0.2) is 121 Å². The van der Waals surface area contributed by atoms with E-state index in [1.54, 1.807) is 0 Å². The maximum absolute atomic E-state index is 2.76. The van der Waals surface area contributed by atoms with Crippen molar-refractivity contribution >= 4 is 102 Å². The van der Waals surface area contributed by atoms with Crippen LogP contribution in [0.3, 0.4) is 0 Å². The summed E-state index contributed by atoms with van der Waals surface area (Å²) < 4.78 is 3.80. The molecule has 0 amide bonds. The van der Waals surface area contributed by atoms with E-state index in [0.29, 0.717) is 0 Å². The lowest BCUT2D eigenvalue weighted by molar-refractivity contribution is 0.569. The lowest BCUT2D eigenvalue weighted by atomic mass is 9.33. The summed E-state index contributed by atoms with van der Waals surface area (Å²) in [7, 11) is 0. The summed E-state index contributed by atoms with van der Waals surface area (Å²) in [5, 5.41) is 2.61. The van der Waals surface area contributed by atoms with E-state index in [4.69, 9.17) is 0 Å². The molecule has 2 aliphatic rings. The Bertz CT molecular complexity index is 3480. The SMILES string of the molecule is CC(C)(C)c1cc2c3c(c1)N(c1c(C(C)(C)C)cccc1C(C)(C)C)c1cc(-n4c5ccc(C(C)(C)C)cc5c5cc(C(C)(C)C)ccc54)ccc1B3c1cc(I)ccc1N2c1c(C(C)(C)C)cccc1C(C)(C)C. The number of para-hydroxylation sites is 2. The second kappa shape index (κ2) is 17.4. The molecule has 0 saturated carbocycles. The van der Waals surface area contributed by atoms with Gasteiger partial charge in [-0.25, -0.2) is 0 Å². The van der Waals surface area contributed by atoms with Crippen LogP contribution in [0.4, 0.5) is 34.1 Å². The van der Waals surface area contributed by atoms with Gasteiger partial charge in [-0.05, 0) is 176 Å². The topological polar surface area (TPSA) is 11.4 Å². The number of anilines is 6. The number of benzene rings is 7. The third kappa shape index (κ3) is 8.97. The largest absolute Gasteiger partial charge is 0.311 e. The van der Waals surface area contributed by atoms with E-state index < -0.39 is 0 Å². The highest BCUT2D eigenvalue weighted by Crippen LogP contribution is 2.53. The van der Waals surface area contributed by atoms with Crippen LogP contribution in [0.5, 0.6) is 0 Å². The predicted octanol–water partition coefficient (Wildman–Crippen LogP) is 18.6. The van der Waals surface area contributed by atoms with E-state index in [1.807, 2.05) is 0 Å². The van der Waals surface area contributed by atoms with Gasteiger partial charge in [-0.15, -0.1) is 0 Å². The van der Waals surface area contributed by atoms with E-state index >= 15 is 0 Å². The first-order valence-electron chi connectivity index (χ1n) is 27.7. The number of hydrogen-bond donors (Lipinski definition) is 0. The Balaban J connectivity index is 1.40. The van der Waals surface area contributed by atoms with E-state index in [1.165, 1.54) is 121 Å². The first-order chi connectivity index (χ1) is 34.6. The van der Waals surface area contributed by atoms with Gasteiger partial charge in [0.1, 0.15) is 0 Å². The molecule has 0 N–H and O–H groups in total. The van der Waals surface area contributed by atoms with Crippen molar-refractivity contribution < 1.29 is 0 Å². The number of hydrogen-bond acceptors (Lipinski definition) is 2. The summed E-state index contributed by atoms with van der Waals surface area (Å²) in [6.45, 7) is 49.9. The summed E-state index contributed by atoms with van der Waals surface area (Å²) in [5.41, 5.74) is 24.0. The molecule has 2 aliphatic heterocycles. The Kier molecular flexibility index (Phi) is 12.3. The molecule has 0 fully saturated rings. The number of rotatable bonds is 3. The summed E-state index contributed by atoms with van der Waals surface area (Å²) in [4.78, 5) is 5.47. The van der Waals surface area contributed by atoms with Gasteiger partial charge in [-0.2, -0.15) is 0 Å². The van der Waals surface area contributed by atoms with Gasteiger partial charge in [0.25, 0.3) is 6.71 Å². The van der Waals surface area contributed by atoms with Gasteiger partial charge in [0.05, 0.1) is 22.4 Å². The molecular formula is C70H83BIN3. The third-order valence-corrected chi connectivity index (χ3v) is 17.1. The Labute approximate surface area is 465 Å². The van der Waals surface area contributed by atoms with Crippen molar-refractivity contribution in [2.75, 3.05) is 9.80 Å². The van der Waals surface area contributed by atoms with Crippen LogP contribution in [0, 0.1) is 3.57 Å². The van der Waals surface area contributed by atoms with Crippen molar-refractivity contribution in [2.45, 2.75) is 183 Å². The second-order valence-corrected chi connectivity index (χ2v) is 30.7. The van der Waals surface area contributed by atoms with Crippen LogP contribution in [0.25, 0.3) is 27.5 Å². The zero-order valence-corrected chi connectivity index (χ0v) is 51.5. The zero-order valence-electron chi connectivity index (χ0n) is 49.3. The molecule has 7 aromatic carbocycles. The quantitative estimate of drug-likeness (QED) is 0.129. The fraction of sp³-hybridized carbons (Fsp3) is 0.400. The second-order valence-electron chi connectivity index (χ2n) is 29.4. The Hall–Kier alpha value is -5.27. The maximum atomic E-state index is 2.76. The van der Waals surface area contributed by atoms with Crippen LogP contribution in [-0.2, 0) is 37.9 Å². The minimum atomic E-state index is -0.169. The number of fused-ring (bicyclic) bond motifs is 7. The highest BCUT2D eigenvalue weighted by molar-refractivity contribution is 14.1. The normalized spacial score (nSPS) is 14.5. The number of aromatic nitrogens is 1. The molecule has 0 unspecified atom stereocenters. The van der Waals surface area contributed by atoms with E-state index in [2.05, 4.69) is 304 Å². The maximum Gasteiger partial charge on any atom is 0.252 e. The van der Waals surface area contributed by atoms with Crippen LogP contribution >= 0.6 is 22.6 Å². The first-order valence-corrected chi connectivity index (χ1v) is 28.7. The molecule has 0 aliphatic carbocycles. The predicted molar refractivity (Wildman–Crippen MR) is 338 cm³/mol. The van der Waals surface area contributed by atoms with E-state index in [-0.39, 0.29) is 44.6 Å². The van der Waals surface area contributed by atoms with Crippen molar-refractivity contribution in [2.24, 2.45) is 0 Å². The highest BCUT2D eigenvalue weighted by Gasteiger charge is 2.47. The lowest BCUT2D eigenvalue weighted by Crippen LogP contribution is -2.62.